The molecule has 0 spiro atoms. The average molecular weight is 239 g/mol. The van der Waals surface area contributed by atoms with E-state index in [2.05, 4.69) is 15.5 Å². The van der Waals surface area contributed by atoms with Crippen LogP contribution in [0.5, 0.6) is 5.19 Å². The number of hydrogen-bond donors (Lipinski definition) is 1. The van der Waals surface area contributed by atoms with Gasteiger partial charge in [0.1, 0.15) is 6.10 Å². The van der Waals surface area contributed by atoms with E-state index in [9.17, 15) is 13.2 Å². The fourth-order valence-electron chi connectivity index (χ4n) is 1.24. The number of nitrogens with zero attached hydrogens (tertiary/aromatic N) is 2. The van der Waals surface area contributed by atoms with Gasteiger partial charge in [-0.15, -0.1) is 5.10 Å². The summed E-state index contributed by atoms with van der Waals surface area (Å²) in [4.78, 5) is 0. The first-order chi connectivity index (χ1) is 7.05. The zero-order valence-corrected chi connectivity index (χ0v) is 8.36. The summed E-state index contributed by atoms with van der Waals surface area (Å²) in [6, 6.07) is 0. The van der Waals surface area contributed by atoms with Crippen molar-refractivity contribution in [2.75, 3.05) is 13.1 Å². The van der Waals surface area contributed by atoms with Gasteiger partial charge in [-0.25, -0.2) is 0 Å². The van der Waals surface area contributed by atoms with E-state index in [1.165, 1.54) is 0 Å². The van der Waals surface area contributed by atoms with E-state index < -0.39 is 11.2 Å². The van der Waals surface area contributed by atoms with Crippen molar-refractivity contribution >= 4 is 11.3 Å². The van der Waals surface area contributed by atoms with Crippen LogP contribution in [0.1, 0.15) is 11.4 Å². The Morgan fingerprint density at radius 3 is 2.73 bits per heavy atom. The zero-order chi connectivity index (χ0) is 10.9. The van der Waals surface area contributed by atoms with Crippen molar-refractivity contribution in [3.8, 4) is 5.19 Å². The van der Waals surface area contributed by atoms with Crippen molar-refractivity contribution in [3.05, 3.63) is 5.01 Å². The molecule has 4 nitrogen and oxygen atoms in total. The molecule has 8 heteroatoms. The maximum absolute atomic E-state index is 12.2. The second-order valence-corrected chi connectivity index (χ2v) is 4.04. The van der Waals surface area contributed by atoms with Gasteiger partial charge in [-0.3, -0.25) is 0 Å². The minimum atomic E-state index is -4.44. The average Bonchev–Trinajstić information content (AvgIpc) is 2.73. The fraction of sp³-hybridized carbons (Fsp3) is 0.714. The SMILES string of the molecule is FC(F)(F)c1nnc(OC2CCNC2)s1. The standard InChI is InChI=1S/C7H8F3N3OS/c8-7(9,10)5-12-13-6(15-5)14-4-1-2-11-3-4/h4,11H,1-3H2. The van der Waals surface area contributed by atoms with Crippen LogP contribution >= 0.6 is 11.3 Å². The molecule has 0 radical (unpaired) electrons. The lowest BCUT2D eigenvalue weighted by Crippen LogP contribution is -2.19. The van der Waals surface area contributed by atoms with Crippen LogP contribution in [0.15, 0.2) is 0 Å². The molecule has 2 rings (SSSR count). The number of alkyl halides is 3. The molecule has 0 saturated carbocycles. The Morgan fingerprint density at radius 2 is 2.20 bits per heavy atom. The number of hydrogen-bond acceptors (Lipinski definition) is 5. The quantitative estimate of drug-likeness (QED) is 0.845. The molecule has 0 aliphatic carbocycles. The Hall–Kier alpha value is -0.890. The van der Waals surface area contributed by atoms with Crippen molar-refractivity contribution in [1.29, 1.82) is 0 Å². The largest absolute Gasteiger partial charge is 0.464 e. The second kappa shape index (κ2) is 3.93. The lowest BCUT2D eigenvalue weighted by molar-refractivity contribution is -0.138. The summed E-state index contributed by atoms with van der Waals surface area (Å²) in [6.07, 6.45) is -3.76. The van der Waals surface area contributed by atoms with Crippen molar-refractivity contribution in [3.63, 3.8) is 0 Å². The van der Waals surface area contributed by atoms with Crippen molar-refractivity contribution in [2.24, 2.45) is 0 Å². The summed E-state index contributed by atoms with van der Waals surface area (Å²) in [5.74, 6) is 0. The van der Waals surface area contributed by atoms with E-state index >= 15 is 0 Å². The molecule has 0 bridgehead atoms. The highest BCUT2D eigenvalue weighted by Gasteiger charge is 2.36. The number of nitrogens with one attached hydrogen (secondary N) is 1. The Balaban J connectivity index is 2.00. The van der Waals surface area contributed by atoms with Gasteiger partial charge < -0.3 is 10.1 Å². The lowest BCUT2D eigenvalue weighted by atomic mass is 10.3. The smallest absolute Gasteiger partial charge is 0.445 e. The van der Waals surface area contributed by atoms with Gasteiger partial charge in [0.15, 0.2) is 0 Å². The monoisotopic (exact) mass is 239 g/mol. The molecule has 2 heterocycles. The third kappa shape index (κ3) is 2.57. The zero-order valence-electron chi connectivity index (χ0n) is 7.54. The van der Waals surface area contributed by atoms with Gasteiger partial charge in [0.25, 0.3) is 5.19 Å². The van der Waals surface area contributed by atoms with Crippen LogP contribution in [0.25, 0.3) is 0 Å². The van der Waals surface area contributed by atoms with E-state index in [1.54, 1.807) is 0 Å². The first-order valence-electron chi connectivity index (χ1n) is 4.34. The van der Waals surface area contributed by atoms with E-state index in [0.29, 0.717) is 17.9 Å². The predicted octanol–water partition coefficient (Wildman–Crippen LogP) is 1.30. The maximum Gasteiger partial charge on any atom is 0.445 e. The molecule has 1 N–H and O–H groups in total. The van der Waals surface area contributed by atoms with Crippen LogP contribution in [-0.4, -0.2) is 29.4 Å². The molecule has 1 saturated heterocycles. The molecule has 1 unspecified atom stereocenters. The molecule has 1 aromatic heterocycles. The number of rotatable bonds is 2. The van der Waals surface area contributed by atoms with Gasteiger partial charge in [0.05, 0.1) is 0 Å². The highest BCUT2D eigenvalue weighted by atomic mass is 32.1. The van der Waals surface area contributed by atoms with E-state index in [4.69, 9.17) is 4.74 Å². The van der Waals surface area contributed by atoms with Gasteiger partial charge in [-0.05, 0) is 13.0 Å². The summed E-state index contributed by atoms with van der Waals surface area (Å²) in [5, 5.41) is 8.42. The van der Waals surface area contributed by atoms with Gasteiger partial charge in [0, 0.05) is 6.54 Å². The second-order valence-electron chi connectivity index (χ2n) is 3.10. The van der Waals surface area contributed by atoms with Crippen LogP contribution < -0.4 is 10.1 Å². The highest BCUT2D eigenvalue weighted by molar-refractivity contribution is 7.13. The normalized spacial score (nSPS) is 21.9. The Morgan fingerprint density at radius 1 is 1.40 bits per heavy atom. The summed E-state index contributed by atoms with van der Waals surface area (Å²) in [6.45, 7) is 1.45. The lowest BCUT2D eigenvalue weighted by Gasteiger charge is -2.07. The first-order valence-corrected chi connectivity index (χ1v) is 5.15. The molecule has 1 aliphatic heterocycles. The summed E-state index contributed by atoms with van der Waals surface area (Å²) in [5.41, 5.74) is 0. The van der Waals surface area contributed by atoms with E-state index in [-0.39, 0.29) is 11.3 Å². The van der Waals surface area contributed by atoms with Gasteiger partial charge in [0.2, 0.25) is 5.01 Å². The van der Waals surface area contributed by atoms with Crippen LogP contribution in [0.3, 0.4) is 0 Å². The highest BCUT2D eigenvalue weighted by Crippen LogP contribution is 2.34. The summed E-state index contributed by atoms with van der Waals surface area (Å²) in [7, 11) is 0. The van der Waals surface area contributed by atoms with Crippen molar-refractivity contribution < 1.29 is 17.9 Å². The fourth-order valence-corrected chi connectivity index (χ4v) is 1.87. The number of ether oxygens (including phenoxy) is 1. The molecule has 1 aromatic rings. The van der Waals surface area contributed by atoms with Gasteiger partial charge >= 0.3 is 6.18 Å². The Kier molecular flexibility index (Phi) is 2.79. The van der Waals surface area contributed by atoms with Crippen LogP contribution in [-0.2, 0) is 6.18 Å². The molecule has 1 atom stereocenters. The Bertz CT molecular complexity index is 334. The molecule has 15 heavy (non-hydrogen) atoms. The van der Waals surface area contributed by atoms with Crippen LogP contribution in [0.4, 0.5) is 13.2 Å². The van der Waals surface area contributed by atoms with Gasteiger partial charge in [-0.1, -0.05) is 16.4 Å². The summed E-state index contributed by atoms with van der Waals surface area (Å²) >= 11 is 0.429. The predicted molar refractivity (Wildman–Crippen MR) is 46.8 cm³/mol. The molecule has 1 aliphatic rings. The maximum atomic E-state index is 12.2. The molecule has 1 fully saturated rings. The van der Waals surface area contributed by atoms with E-state index in [0.717, 1.165) is 13.0 Å². The summed E-state index contributed by atoms with van der Waals surface area (Å²) < 4.78 is 41.7. The molecular weight excluding hydrogens is 231 g/mol. The van der Waals surface area contributed by atoms with Crippen molar-refractivity contribution in [2.45, 2.75) is 18.7 Å². The van der Waals surface area contributed by atoms with Crippen LogP contribution in [0.2, 0.25) is 0 Å². The van der Waals surface area contributed by atoms with Crippen molar-refractivity contribution in [1.82, 2.24) is 15.5 Å². The molecule has 0 amide bonds. The molecular formula is C7H8F3N3OS. The first kappa shape index (κ1) is 10.6. The minimum Gasteiger partial charge on any atom is -0.464 e. The Labute approximate surface area is 87.5 Å². The third-order valence-corrected chi connectivity index (χ3v) is 2.79. The number of aromatic nitrogens is 2. The van der Waals surface area contributed by atoms with Crippen LogP contribution in [0, 0.1) is 0 Å². The third-order valence-electron chi connectivity index (χ3n) is 1.93. The number of halogens is 3. The topological polar surface area (TPSA) is 47.0 Å². The minimum absolute atomic E-state index is 0.0176. The van der Waals surface area contributed by atoms with E-state index in [1.807, 2.05) is 0 Å². The molecule has 84 valence electrons. The van der Waals surface area contributed by atoms with Gasteiger partial charge in [-0.2, -0.15) is 13.2 Å². The molecule has 0 aromatic carbocycles.